The number of imidazole rings is 1. The van der Waals surface area contributed by atoms with Crippen LogP contribution in [0.4, 0.5) is 5.69 Å². The molecule has 1 aromatic heterocycles. The van der Waals surface area contributed by atoms with E-state index in [1.54, 1.807) is 6.07 Å². The topological polar surface area (TPSA) is 88.9 Å². The van der Waals surface area contributed by atoms with Gasteiger partial charge in [0.15, 0.2) is 10.3 Å². The Balaban J connectivity index is 2.45. The summed E-state index contributed by atoms with van der Waals surface area (Å²) in [5.41, 5.74) is 1.16. The van der Waals surface area contributed by atoms with Gasteiger partial charge in [0.25, 0.3) is 5.69 Å². The minimum Gasteiger partial charge on any atom is -0.332 e. The lowest BCUT2D eigenvalue weighted by Crippen LogP contribution is -1.86. The Bertz CT molecular complexity index is 578. The second-order valence-electron chi connectivity index (χ2n) is 3.09. The molecule has 0 atom stereocenters. The number of nitrogens with one attached hydrogen (secondary N) is 1. The lowest BCUT2D eigenvalue weighted by atomic mass is 10.3. The maximum atomic E-state index is 10.9. The maximum Gasteiger partial charge on any atom is 0.271 e. The number of H-pyrrole nitrogens is 1. The van der Waals surface area contributed by atoms with Gasteiger partial charge in [-0.2, -0.15) is 0 Å². The molecule has 0 aliphatic carbocycles. The molecule has 6 nitrogen and oxygen atoms in total. The highest BCUT2D eigenvalue weighted by atomic mass is 32.2. The summed E-state index contributed by atoms with van der Waals surface area (Å²) in [6, 6.07) is 4.33. The number of benzene rings is 1. The molecule has 0 aliphatic rings. The third-order valence-corrected chi connectivity index (χ3v) is 2.57. The van der Waals surface area contributed by atoms with Gasteiger partial charge in [0.2, 0.25) is 0 Å². The van der Waals surface area contributed by atoms with Crippen molar-refractivity contribution in [2.45, 2.75) is 12.1 Å². The molecular weight excluding hydrogens is 230 g/mol. The molecule has 2 aromatic rings. The van der Waals surface area contributed by atoms with Crippen LogP contribution in [0.3, 0.4) is 0 Å². The average molecular weight is 237 g/mol. The number of nitro benzene ring substituents is 1. The van der Waals surface area contributed by atoms with Crippen LogP contribution in [0.25, 0.3) is 11.0 Å². The predicted molar refractivity (Wildman–Crippen MR) is 59.3 cm³/mol. The number of nitrogens with zero attached hydrogens (tertiary/aromatic N) is 2. The monoisotopic (exact) mass is 237 g/mol. The predicted octanol–water partition coefficient (Wildman–Crippen LogP) is 2.11. The normalized spacial score (nSPS) is 10.6. The van der Waals surface area contributed by atoms with E-state index in [9.17, 15) is 14.9 Å². The number of hydrogen-bond donors (Lipinski definition) is 1. The third-order valence-electron chi connectivity index (χ3n) is 1.89. The first kappa shape index (κ1) is 10.6. The van der Waals surface area contributed by atoms with Crippen molar-refractivity contribution in [3.05, 3.63) is 28.3 Å². The molecule has 2 rings (SSSR count). The van der Waals surface area contributed by atoms with Gasteiger partial charge in [-0.1, -0.05) is 0 Å². The summed E-state index contributed by atoms with van der Waals surface area (Å²) in [7, 11) is 0. The maximum absolute atomic E-state index is 10.9. The molecule has 16 heavy (non-hydrogen) atoms. The Morgan fingerprint density at radius 3 is 2.94 bits per heavy atom. The molecule has 1 aromatic carbocycles. The van der Waals surface area contributed by atoms with Crippen molar-refractivity contribution in [1.82, 2.24) is 9.97 Å². The van der Waals surface area contributed by atoms with E-state index in [1.807, 2.05) is 0 Å². The number of aromatic amines is 1. The Morgan fingerprint density at radius 1 is 1.56 bits per heavy atom. The highest BCUT2D eigenvalue weighted by molar-refractivity contribution is 8.13. The van der Waals surface area contributed by atoms with Gasteiger partial charge in [0, 0.05) is 19.1 Å². The summed E-state index contributed by atoms with van der Waals surface area (Å²) in [6.07, 6.45) is 0. The van der Waals surface area contributed by atoms with Gasteiger partial charge in [0.1, 0.15) is 0 Å². The molecule has 0 aliphatic heterocycles. The number of rotatable bonds is 2. The van der Waals surface area contributed by atoms with E-state index < -0.39 is 4.92 Å². The lowest BCUT2D eigenvalue weighted by Gasteiger charge is -1.89. The minimum atomic E-state index is -0.474. The molecule has 0 amide bonds. The molecule has 0 fully saturated rings. The summed E-state index contributed by atoms with van der Waals surface area (Å²) in [5.74, 6) is 0. The number of thioether (sulfide) groups is 1. The van der Waals surface area contributed by atoms with E-state index in [-0.39, 0.29) is 10.8 Å². The van der Waals surface area contributed by atoms with E-state index in [4.69, 9.17) is 0 Å². The zero-order chi connectivity index (χ0) is 11.7. The van der Waals surface area contributed by atoms with E-state index in [0.29, 0.717) is 16.2 Å². The smallest absolute Gasteiger partial charge is 0.271 e. The van der Waals surface area contributed by atoms with Gasteiger partial charge in [-0.15, -0.1) is 0 Å². The highest BCUT2D eigenvalue weighted by Crippen LogP contribution is 2.23. The minimum absolute atomic E-state index is 0.00414. The lowest BCUT2D eigenvalue weighted by molar-refractivity contribution is -0.384. The summed E-state index contributed by atoms with van der Waals surface area (Å²) in [6.45, 7) is 1.43. The first-order valence-electron chi connectivity index (χ1n) is 4.39. The number of aromatic nitrogens is 2. The Kier molecular flexibility index (Phi) is 2.61. The van der Waals surface area contributed by atoms with E-state index in [1.165, 1.54) is 19.1 Å². The van der Waals surface area contributed by atoms with Crippen molar-refractivity contribution in [3.8, 4) is 0 Å². The summed E-state index contributed by atoms with van der Waals surface area (Å²) in [4.78, 5) is 27.9. The van der Waals surface area contributed by atoms with Crippen molar-refractivity contribution < 1.29 is 9.72 Å². The Hall–Kier alpha value is -1.89. The number of non-ortho nitro benzene ring substituents is 1. The zero-order valence-corrected chi connectivity index (χ0v) is 9.08. The van der Waals surface area contributed by atoms with Gasteiger partial charge in [0.05, 0.1) is 16.0 Å². The van der Waals surface area contributed by atoms with Gasteiger partial charge >= 0.3 is 0 Å². The molecule has 1 N–H and O–H groups in total. The van der Waals surface area contributed by atoms with Crippen LogP contribution in [0, 0.1) is 10.1 Å². The van der Waals surface area contributed by atoms with Crippen molar-refractivity contribution >= 4 is 33.6 Å². The van der Waals surface area contributed by atoms with Crippen molar-refractivity contribution in [2.24, 2.45) is 0 Å². The van der Waals surface area contributed by atoms with Crippen LogP contribution in [0.1, 0.15) is 6.92 Å². The SMILES string of the molecule is CC(=O)Sc1nc2ccc([N+](=O)[O-])cc2[nH]1. The largest absolute Gasteiger partial charge is 0.332 e. The average Bonchev–Trinajstić information content (AvgIpc) is 2.56. The number of nitro groups is 1. The summed E-state index contributed by atoms with van der Waals surface area (Å²) in [5, 5.41) is 10.9. The fourth-order valence-electron chi connectivity index (χ4n) is 1.27. The first-order valence-corrected chi connectivity index (χ1v) is 5.20. The van der Waals surface area contributed by atoms with E-state index in [2.05, 4.69) is 9.97 Å². The van der Waals surface area contributed by atoms with Crippen molar-refractivity contribution in [3.63, 3.8) is 0 Å². The first-order chi connectivity index (χ1) is 7.56. The highest BCUT2D eigenvalue weighted by Gasteiger charge is 2.10. The fraction of sp³-hybridized carbons (Fsp3) is 0.111. The number of fused-ring (bicyclic) bond motifs is 1. The Morgan fingerprint density at radius 2 is 2.31 bits per heavy atom. The molecule has 0 saturated carbocycles. The molecular formula is C9H7N3O3S. The molecule has 7 heteroatoms. The number of hydrogen-bond acceptors (Lipinski definition) is 5. The van der Waals surface area contributed by atoms with Crippen LogP contribution in [0.5, 0.6) is 0 Å². The summed E-state index contributed by atoms with van der Waals surface area (Å²) < 4.78 is 0. The summed E-state index contributed by atoms with van der Waals surface area (Å²) >= 11 is 0.963. The van der Waals surface area contributed by atoms with Crippen molar-refractivity contribution in [1.29, 1.82) is 0 Å². The van der Waals surface area contributed by atoms with Gasteiger partial charge in [-0.25, -0.2) is 4.98 Å². The van der Waals surface area contributed by atoms with E-state index in [0.717, 1.165) is 11.8 Å². The van der Waals surface area contributed by atoms with Gasteiger partial charge in [-0.05, 0) is 17.8 Å². The van der Waals surface area contributed by atoms with Crippen LogP contribution in [-0.2, 0) is 4.79 Å². The zero-order valence-electron chi connectivity index (χ0n) is 8.26. The quantitative estimate of drug-likeness (QED) is 0.491. The van der Waals surface area contributed by atoms with Crippen LogP contribution >= 0.6 is 11.8 Å². The second-order valence-corrected chi connectivity index (χ2v) is 4.26. The van der Waals surface area contributed by atoms with Gasteiger partial charge < -0.3 is 4.98 Å². The van der Waals surface area contributed by atoms with Crippen LogP contribution in [0.15, 0.2) is 23.4 Å². The molecule has 0 spiro atoms. The second kappa shape index (κ2) is 3.93. The van der Waals surface area contributed by atoms with Crippen LogP contribution < -0.4 is 0 Å². The molecule has 0 unspecified atom stereocenters. The van der Waals surface area contributed by atoms with Gasteiger partial charge in [-0.3, -0.25) is 14.9 Å². The van der Waals surface area contributed by atoms with Crippen molar-refractivity contribution in [2.75, 3.05) is 0 Å². The fourth-order valence-corrected chi connectivity index (χ4v) is 1.85. The Labute approximate surface area is 94.2 Å². The number of carbonyl (C=O) groups is 1. The van der Waals surface area contributed by atoms with E-state index >= 15 is 0 Å². The molecule has 0 radical (unpaired) electrons. The number of carbonyl (C=O) groups excluding carboxylic acids is 1. The third kappa shape index (κ3) is 2.03. The van der Waals surface area contributed by atoms with Crippen LogP contribution in [-0.4, -0.2) is 20.0 Å². The molecule has 82 valence electrons. The molecule has 0 saturated heterocycles. The molecule has 0 bridgehead atoms. The van der Waals surface area contributed by atoms with Crippen LogP contribution in [0.2, 0.25) is 0 Å². The molecule has 1 heterocycles. The standard InChI is InChI=1S/C9H7N3O3S/c1-5(13)16-9-10-7-3-2-6(12(14)15)4-8(7)11-9/h2-4H,1H3,(H,10,11).